The fourth-order valence-electron chi connectivity index (χ4n) is 2.20. The van der Waals surface area contributed by atoms with Gasteiger partial charge >= 0.3 is 5.97 Å². The zero-order valence-electron chi connectivity index (χ0n) is 11.7. The number of nitro groups is 1. The van der Waals surface area contributed by atoms with Crippen LogP contribution in [0.3, 0.4) is 0 Å². The van der Waals surface area contributed by atoms with Crippen molar-refractivity contribution in [3.05, 3.63) is 39.4 Å². The van der Waals surface area contributed by atoms with Crippen molar-refractivity contribution in [1.82, 2.24) is 4.90 Å². The van der Waals surface area contributed by atoms with Gasteiger partial charge in [-0.15, -0.1) is 0 Å². The van der Waals surface area contributed by atoms with Gasteiger partial charge < -0.3 is 9.64 Å². The van der Waals surface area contributed by atoms with Crippen LogP contribution in [0.25, 0.3) is 0 Å². The van der Waals surface area contributed by atoms with Crippen molar-refractivity contribution in [2.24, 2.45) is 0 Å². The van der Waals surface area contributed by atoms with Crippen LogP contribution in [0.1, 0.15) is 28.8 Å². The highest BCUT2D eigenvalue weighted by Gasteiger charge is 2.20. The van der Waals surface area contributed by atoms with Gasteiger partial charge in [-0.1, -0.05) is 6.07 Å². The van der Waals surface area contributed by atoms with Gasteiger partial charge in [0, 0.05) is 24.7 Å². The van der Waals surface area contributed by atoms with E-state index in [0.29, 0.717) is 18.7 Å². The molecule has 2 rings (SSSR count). The number of carbonyl (C=O) groups is 2. The maximum atomic E-state index is 11.8. The number of esters is 1. The second-order valence-corrected chi connectivity index (χ2v) is 4.92. The van der Waals surface area contributed by atoms with Crippen molar-refractivity contribution in [2.45, 2.75) is 19.8 Å². The lowest BCUT2D eigenvalue weighted by atomic mass is 10.1. The van der Waals surface area contributed by atoms with E-state index in [0.717, 1.165) is 18.9 Å². The highest BCUT2D eigenvalue weighted by atomic mass is 16.6. The summed E-state index contributed by atoms with van der Waals surface area (Å²) in [5, 5.41) is 10.8. The summed E-state index contributed by atoms with van der Waals surface area (Å²) in [5.74, 6) is -0.965. The van der Waals surface area contributed by atoms with E-state index in [1.165, 1.54) is 12.1 Å². The molecule has 0 radical (unpaired) electrons. The predicted molar refractivity (Wildman–Crippen MR) is 73.9 cm³/mol. The van der Waals surface area contributed by atoms with Crippen molar-refractivity contribution in [2.75, 3.05) is 19.7 Å². The van der Waals surface area contributed by atoms with Crippen molar-refractivity contribution < 1.29 is 19.2 Å². The number of carbonyl (C=O) groups excluding carboxylic acids is 2. The molecule has 1 fully saturated rings. The fourth-order valence-corrected chi connectivity index (χ4v) is 2.20. The number of likely N-dealkylation sites (tertiary alicyclic amines) is 1. The monoisotopic (exact) mass is 292 g/mol. The molecule has 0 unspecified atom stereocenters. The van der Waals surface area contributed by atoms with Gasteiger partial charge in [-0.25, -0.2) is 4.79 Å². The molecule has 0 spiro atoms. The lowest BCUT2D eigenvalue weighted by molar-refractivity contribution is -0.385. The van der Waals surface area contributed by atoms with E-state index >= 15 is 0 Å². The molecule has 0 bridgehead atoms. The van der Waals surface area contributed by atoms with Gasteiger partial charge in [0.2, 0.25) is 0 Å². The smallest absolute Gasteiger partial charge is 0.338 e. The van der Waals surface area contributed by atoms with Crippen molar-refractivity contribution >= 4 is 17.6 Å². The minimum absolute atomic E-state index is 0.0709. The number of benzene rings is 1. The van der Waals surface area contributed by atoms with Crippen LogP contribution in [0.4, 0.5) is 5.69 Å². The first-order valence-corrected chi connectivity index (χ1v) is 6.69. The molecular weight excluding hydrogens is 276 g/mol. The molecule has 7 heteroatoms. The van der Waals surface area contributed by atoms with Crippen molar-refractivity contribution in [1.29, 1.82) is 0 Å². The Bertz CT molecular complexity index is 579. The topological polar surface area (TPSA) is 89.8 Å². The van der Waals surface area contributed by atoms with Gasteiger partial charge in [0.05, 0.1) is 10.5 Å². The lowest BCUT2D eigenvalue weighted by Gasteiger charge is -2.14. The Morgan fingerprint density at radius 3 is 2.62 bits per heavy atom. The SMILES string of the molecule is Cc1ccc(C(=O)OCC(=O)N2CCCC2)cc1[N+](=O)[O-]. The molecule has 1 aromatic carbocycles. The molecule has 1 aliphatic rings. The van der Waals surface area contributed by atoms with Crippen LogP contribution >= 0.6 is 0 Å². The quantitative estimate of drug-likeness (QED) is 0.478. The average Bonchev–Trinajstić information content (AvgIpc) is 2.98. The number of ether oxygens (including phenoxy) is 1. The van der Waals surface area contributed by atoms with Gasteiger partial charge in [-0.3, -0.25) is 14.9 Å². The molecule has 112 valence electrons. The third-order valence-electron chi connectivity index (χ3n) is 3.43. The maximum absolute atomic E-state index is 11.8. The molecule has 21 heavy (non-hydrogen) atoms. The number of hydrogen-bond acceptors (Lipinski definition) is 5. The first-order chi connectivity index (χ1) is 9.99. The second-order valence-electron chi connectivity index (χ2n) is 4.92. The third-order valence-corrected chi connectivity index (χ3v) is 3.43. The molecule has 1 saturated heterocycles. The van der Waals surface area contributed by atoms with Crippen LogP contribution in [0, 0.1) is 17.0 Å². The van der Waals surface area contributed by atoms with Gasteiger partial charge in [0.25, 0.3) is 11.6 Å². The highest BCUT2D eigenvalue weighted by Crippen LogP contribution is 2.19. The molecule has 7 nitrogen and oxygen atoms in total. The highest BCUT2D eigenvalue weighted by molar-refractivity contribution is 5.92. The van der Waals surface area contributed by atoms with Crippen molar-refractivity contribution in [3.63, 3.8) is 0 Å². The Kier molecular flexibility index (Phi) is 4.52. The minimum Gasteiger partial charge on any atom is -0.452 e. The zero-order valence-corrected chi connectivity index (χ0v) is 11.7. The Balaban J connectivity index is 1.98. The van der Waals surface area contributed by atoms with E-state index in [2.05, 4.69) is 0 Å². The lowest BCUT2D eigenvalue weighted by Crippen LogP contribution is -2.32. The average molecular weight is 292 g/mol. The summed E-state index contributed by atoms with van der Waals surface area (Å²) in [7, 11) is 0. The molecule has 0 saturated carbocycles. The summed E-state index contributed by atoms with van der Waals surface area (Å²) in [6.07, 6.45) is 1.92. The molecule has 1 aliphatic heterocycles. The summed E-state index contributed by atoms with van der Waals surface area (Å²) < 4.78 is 4.92. The number of nitrogens with zero attached hydrogens (tertiary/aromatic N) is 2. The summed E-state index contributed by atoms with van der Waals surface area (Å²) in [6.45, 7) is 2.63. The van der Waals surface area contributed by atoms with E-state index < -0.39 is 10.9 Å². The van der Waals surface area contributed by atoms with Crippen LogP contribution in [0.5, 0.6) is 0 Å². The molecule has 0 N–H and O–H groups in total. The van der Waals surface area contributed by atoms with Crippen LogP contribution in [-0.4, -0.2) is 41.4 Å². The number of aryl methyl sites for hydroxylation is 1. The fraction of sp³-hybridized carbons (Fsp3) is 0.429. The van der Waals surface area contributed by atoms with Crippen molar-refractivity contribution in [3.8, 4) is 0 Å². The summed E-state index contributed by atoms with van der Waals surface area (Å²) >= 11 is 0. The van der Waals surface area contributed by atoms with Gasteiger partial charge in [0.15, 0.2) is 6.61 Å². The summed E-state index contributed by atoms with van der Waals surface area (Å²) in [6, 6.07) is 4.10. The Morgan fingerprint density at radius 1 is 1.33 bits per heavy atom. The van der Waals surface area contributed by atoms with Crippen LogP contribution in [0.15, 0.2) is 18.2 Å². The van der Waals surface area contributed by atoms with Gasteiger partial charge in [-0.05, 0) is 25.8 Å². The number of amides is 1. The Hall–Kier alpha value is -2.44. The Labute approximate surface area is 121 Å². The van der Waals surface area contributed by atoms with E-state index in [-0.39, 0.29) is 23.8 Å². The Morgan fingerprint density at radius 2 is 2.00 bits per heavy atom. The van der Waals surface area contributed by atoms with Gasteiger partial charge in [-0.2, -0.15) is 0 Å². The minimum atomic E-state index is -0.731. The van der Waals surface area contributed by atoms with E-state index in [1.54, 1.807) is 11.8 Å². The summed E-state index contributed by atoms with van der Waals surface area (Å²) in [5.41, 5.74) is 0.390. The molecule has 1 aromatic rings. The standard InChI is InChI=1S/C14H16N2O5/c1-10-4-5-11(8-12(10)16(19)20)14(18)21-9-13(17)15-6-2-3-7-15/h4-5,8H,2-3,6-7,9H2,1H3. The predicted octanol–water partition coefficient (Wildman–Crippen LogP) is 1.68. The molecular formula is C14H16N2O5. The number of rotatable bonds is 4. The number of hydrogen-bond donors (Lipinski definition) is 0. The van der Waals surface area contributed by atoms with E-state index in [1.807, 2.05) is 0 Å². The second kappa shape index (κ2) is 6.34. The summed E-state index contributed by atoms with van der Waals surface area (Å²) in [4.78, 5) is 35.5. The van der Waals surface area contributed by atoms with E-state index in [4.69, 9.17) is 4.74 Å². The zero-order chi connectivity index (χ0) is 15.4. The molecule has 0 aromatic heterocycles. The molecule has 1 amide bonds. The molecule has 0 aliphatic carbocycles. The van der Waals surface area contributed by atoms with E-state index in [9.17, 15) is 19.7 Å². The first-order valence-electron chi connectivity index (χ1n) is 6.69. The molecule has 0 atom stereocenters. The van der Waals surface area contributed by atoms with Gasteiger partial charge in [0.1, 0.15) is 0 Å². The number of nitro benzene ring substituents is 1. The van der Waals surface area contributed by atoms with Crippen LogP contribution in [0.2, 0.25) is 0 Å². The van der Waals surface area contributed by atoms with Crippen LogP contribution in [-0.2, 0) is 9.53 Å². The third kappa shape index (κ3) is 3.56. The normalized spacial score (nSPS) is 14.0. The maximum Gasteiger partial charge on any atom is 0.338 e. The first kappa shape index (κ1) is 15.0. The van der Waals surface area contributed by atoms with Crippen LogP contribution < -0.4 is 0 Å². The largest absolute Gasteiger partial charge is 0.452 e. The molecule has 1 heterocycles.